The molecule has 1 fully saturated rings. The SMILES string of the molecule is CCC(NC(=O)C(CC1CCCCC1)N/C(=N/S(C)(=O)=O)c1ccccc1)C(O)c1nc2ccccc2o1. The minimum atomic E-state index is -3.73. The van der Waals surface area contributed by atoms with Crippen LogP contribution in [0.25, 0.3) is 11.1 Å². The number of fused-ring (bicyclic) bond motifs is 1. The lowest BCUT2D eigenvalue weighted by Crippen LogP contribution is -2.52. The van der Waals surface area contributed by atoms with Crippen molar-refractivity contribution >= 4 is 32.9 Å². The predicted octanol–water partition coefficient (Wildman–Crippen LogP) is 4.09. The van der Waals surface area contributed by atoms with Crippen molar-refractivity contribution < 1.29 is 22.7 Å². The fourth-order valence-electron chi connectivity index (χ4n) is 4.95. The number of oxazole rings is 1. The molecule has 3 atom stereocenters. The predicted molar refractivity (Wildman–Crippen MR) is 147 cm³/mol. The van der Waals surface area contributed by atoms with E-state index >= 15 is 0 Å². The largest absolute Gasteiger partial charge is 0.438 e. The number of aliphatic hydroxyl groups excluding tert-OH is 1. The van der Waals surface area contributed by atoms with Crippen LogP contribution in [0.5, 0.6) is 0 Å². The summed E-state index contributed by atoms with van der Waals surface area (Å²) in [5.41, 5.74) is 1.76. The number of carbonyl (C=O) groups is 1. The fourth-order valence-corrected chi connectivity index (χ4v) is 5.44. The molecule has 1 heterocycles. The van der Waals surface area contributed by atoms with E-state index < -0.39 is 28.2 Å². The second-order valence-electron chi connectivity index (χ2n) is 9.96. The molecule has 1 amide bonds. The summed E-state index contributed by atoms with van der Waals surface area (Å²) in [6, 6.07) is 14.7. The van der Waals surface area contributed by atoms with Crippen molar-refractivity contribution in [3.05, 3.63) is 66.1 Å². The Labute approximate surface area is 223 Å². The maximum atomic E-state index is 13.7. The summed E-state index contributed by atoms with van der Waals surface area (Å²) >= 11 is 0. The van der Waals surface area contributed by atoms with Crippen molar-refractivity contribution in [1.29, 1.82) is 0 Å². The van der Waals surface area contributed by atoms with Gasteiger partial charge in [0.2, 0.25) is 11.8 Å². The molecule has 1 aliphatic carbocycles. The number of aliphatic hydroxyl groups is 1. The average Bonchev–Trinajstić information content (AvgIpc) is 3.35. The zero-order valence-corrected chi connectivity index (χ0v) is 22.7. The molecule has 10 heteroatoms. The Morgan fingerprint density at radius 3 is 2.42 bits per heavy atom. The summed E-state index contributed by atoms with van der Waals surface area (Å²) in [7, 11) is -3.73. The van der Waals surface area contributed by atoms with Gasteiger partial charge in [0.25, 0.3) is 10.0 Å². The number of benzene rings is 2. The Kier molecular flexibility index (Phi) is 9.17. The highest BCUT2D eigenvalue weighted by Crippen LogP contribution is 2.28. The first-order chi connectivity index (χ1) is 18.2. The van der Waals surface area contributed by atoms with Crippen molar-refractivity contribution in [3.63, 3.8) is 0 Å². The van der Waals surface area contributed by atoms with Gasteiger partial charge in [-0.1, -0.05) is 81.5 Å². The van der Waals surface area contributed by atoms with E-state index in [1.165, 1.54) is 6.42 Å². The molecule has 3 unspecified atom stereocenters. The zero-order valence-electron chi connectivity index (χ0n) is 21.8. The van der Waals surface area contributed by atoms with Gasteiger partial charge in [0, 0.05) is 5.56 Å². The monoisotopic (exact) mass is 540 g/mol. The number of nitrogens with zero attached hydrogens (tertiary/aromatic N) is 2. The van der Waals surface area contributed by atoms with E-state index in [4.69, 9.17) is 4.42 Å². The van der Waals surface area contributed by atoms with Crippen LogP contribution in [0.3, 0.4) is 0 Å². The number of aromatic nitrogens is 1. The molecule has 3 aromatic rings. The molecule has 204 valence electrons. The fraction of sp³-hybridized carbons (Fsp3) is 0.464. The van der Waals surface area contributed by atoms with Crippen LogP contribution in [0.1, 0.15) is 69.4 Å². The number of amides is 1. The average molecular weight is 541 g/mol. The summed E-state index contributed by atoms with van der Waals surface area (Å²) in [5.74, 6) is 0.245. The number of amidine groups is 1. The second kappa shape index (κ2) is 12.5. The molecular weight excluding hydrogens is 504 g/mol. The topological polar surface area (TPSA) is 134 Å². The highest BCUT2D eigenvalue weighted by molar-refractivity contribution is 7.89. The Morgan fingerprint density at radius 1 is 1.08 bits per heavy atom. The highest BCUT2D eigenvalue weighted by Gasteiger charge is 2.31. The van der Waals surface area contributed by atoms with Gasteiger partial charge in [-0.25, -0.2) is 13.4 Å². The summed E-state index contributed by atoms with van der Waals surface area (Å²) < 4.78 is 33.9. The molecule has 2 aromatic carbocycles. The number of carbonyl (C=O) groups excluding carboxylic acids is 1. The molecule has 3 N–H and O–H groups in total. The van der Waals surface area contributed by atoms with Crippen molar-refractivity contribution in [2.75, 3.05) is 6.26 Å². The maximum Gasteiger partial charge on any atom is 0.252 e. The molecule has 1 aliphatic rings. The Morgan fingerprint density at radius 2 is 1.76 bits per heavy atom. The first kappa shape index (κ1) is 27.8. The van der Waals surface area contributed by atoms with E-state index in [1.807, 2.05) is 25.1 Å². The lowest BCUT2D eigenvalue weighted by molar-refractivity contribution is -0.125. The van der Waals surface area contributed by atoms with Gasteiger partial charge >= 0.3 is 0 Å². The first-order valence-electron chi connectivity index (χ1n) is 13.2. The van der Waals surface area contributed by atoms with E-state index in [2.05, 4.69) is 20.0 Å². The van der Waals surface area contributed by atoms with E-state index in [9.17, 15) is 18.3 Å². The van der Waals surface area contributed by atoms with Gasteiger partial charge < -0.3 is 20.2 Å². The van der Waals surface area contributed by atoms with Crippen LogP contribution in [-0.2, 0) is 14.8 Å². The minimum Gasteiger partial charge on any atom is -0.438 e. The lowest BCUT2D eigenvalue weighted by Gasteiger charge is -2.29. The van der Waals surface area contributed by atoms with E-state index in [0.29, 0.717) is 35.4 Å². The zero-order chi connectivity index (χ0) is 27.1. The molecular formula is C28H36N4O5S. The van der Waals surface area contributed by atoms with Gasteiger partial charge in [-0.15, -0.1) is 4.40 Å². The number of sulfonamides is 1. The normalized spacial score (nSPS) is 17.6. The van der Waals surface area contributed by atoms with Crippen LogP contribution in [-0.4, -0.2) is 48.6 Å². The van der Waals surface area contributed by atoms with Crippen molar-refractivity contribution in [1.82, 2.24) is 15.6 Å². The van der Waals surface area contributed by atoms with Crippen LogP contribution in [0.15, 0.2) is 63.4 Å². The molecule has 1 aromatic heterocycles. The Hall–Kier alpha value is -3.24. The van der Waals surface area contributed by atoms with E-state index in [-0.39, 0.29) is 17.6 Å². The third-order valence-corrected chi connectivity index (χ3v) is 7.45. The summed E-state index contributed by atoms with van der Waals surface area (Å²) in [6.45, 7) is 1.86. The molecule has 0 saturated heterocycles. The van der Waals surface area contributed by atoms with Gasteiger partial charge in [-0.3, -0.25) is 4.79 Å². The van der Waals surface area contributed by atoms with E-state index in [1.54, 1.807) is 36.4 Å². The number of hydrogen-bond acceptors (Lipinski definition) is 6. The summed E-state index contributed by atoms with van der Waals surface area (Å²) in [6.07, 6.45) is 6.26. The van der Waals surface area contributed by atoms with E-state index in [0.717, 1.165) is 31.9 Å². The van der Waals surface area contributed by atoms with Gasteiger partial charge in [0.05, 0.1) is 12.3 Å². The van der Waals surface area contributed by atoms with Crippen LogP contribution in [0.2, 0.25) is 0 Å². The van der Waals surface area contributed by atoms with Crippen molar-refractivity contribution in [2.24, 2.45) is 10.3 Å². The molecule has 38 heavy (non-hydrogen) atoms. The molecule has 9 nitrogen and oxygen atoms in total. The van der Waals surface area contributed by atoms with Crippen LogP contribution >= 0.6 is 0 Å². The minimum absolute atomic E-state index is 0.122. The standard InChI is InChI=1S/C28H36N4O5S/c1-3-21(25(33)28-31-22-16-10-11-17-24(22)37-28)30-27(34)23(18-19-12-6-4-7-13-19)29-26(32-38(2,35)36)20-14-8-5-9-15-20/h5,8-11,14-17,19,21,23,25,33H,3-4,6-7,12-13,18H2,1-2H3,(H,29,32)(H,30,34). The van der Waals surface area contributed by atoms with Gasteiger partial charge in [0.1, 0.15) is 17.4 Å². The number of rotatable bonds is 10. The third-order valence-electron chi connectivity index (χ3n) is 6.94. The van der Waals surface area contributed by atoms with Crippen molar-refractivity contribution in [2.45, 2.75) is 70.1 Å². The number of nitrogens with one attached hydrogen (secondary N) is 2. The first-order valence-corrected chi connectivity index (χ1v) is 15.0. The molecule has 0 radical (unpaired) electrons. The lowest BCUT2D eigenvalue weighted by atomic mass is 9.84. The summed E-state index contributed by atoms with van der Waals surface area (Å²) in [5, 5.41) is 17.2. The Balaban J connectivity index is 1.58. The van der Waals surface area contributed by atoms with Crippen LogP contribution in [0.4, 0.5) is 0 Å². The number of para-hydroxylation sites is 2. The number of hydrogen-bond donors (Lipinski definition) is 3. The molecule has 0 bridgehead atoms. The van der Waals surface area contributed by atoms with Crippen molar-refractivity contribution in [3.8, 4) is 0 Å². The van der Waals surface area contributed by atoms with Gasteiger partial charge in [0.15, 0.2) is 11.7 Å². The molecule has 4 rings (SSSR count). The molecule has 0 aliphatic heterocycles. The van der Waals surface area contributed by atoms with Crippen LogP contribution in [0, 0.1) is 5.92 Å². The van der Waals surface area contributed by atoms with Crippen LogP contribution < -0.4 is 10.6 Å². The molecule has 0 spiro atoms. The second-order valence-corrected chi connectivity index (χ2v) is 11.6. The smallest absolute Gasteiger partial charge is 0.252 e. The molecule has 1 saturated carbocycles. The highest BCUT2D eigenvalue weighted by atomic mass is 32.2. The van der Waals surface area contributed by atoms with Gasteiger partial charge in [-0.2, -0.15) is 0 Å². The third kappa shape index (κ3) is 7.41. The van der Waals surface area contributed by atoms with Gasteiger partial charge in [-0.05, 0) is 30.9 Å². The summed E-state index contributed by atoms with van der Waals surface area (Å²) in [4.78, 5) is 18.1. The Bertz CT molecular complexity index is 1320. The maximum absolute atomic E-state index is 13.7. The quantitative estimate of drug-likeness (QED) is 0.260.